The van der Waals surface area contributed by atoms with Crippen LogP contribution in [0.2, 0.25) is 5.02 Å². The van der Waals surface area contributed by atoms with Crippen molar-refractivity contribution in [3.8, 4) is 5.75 Å². The summed E-state index contributed by atoms with van der Waals surface area (Å²) < 4.78 is 5.23. The van der Waals surface area contributed by atoms with Crippen LogP contribution < -0.4 is 10.1 Å². The standard InChI is InChI=1S/C29H30ClN3O4/c1-32(28(35)22-6-4-3-5-7-22)19-27(34)31-25-10-8-20(9-11-25)21-12-14-33(15-13-21)29(36)23-16-24(30)18-26(17-23)37-2/h3-11,16-18,21H,12-15,19H2,1-2H3,(H,31,34). The number of benzene rings is 3. The van der Waals surface area contributed by atoms with Crippen LogP contribution in [0.15, 0.2) is 72.8 Å². The van der Waals surface area contributed by atoms with E-state index in [1.165, 1.54) is 10.5 Å². The summed E-state index contributed by atoms with van der Waals surface area (Å²) in [5.41, 5.74) is 2.92. The molecule has 0 atom stereocenters. The summed E-state index contributed by atoms with van der Waals surface area (Å²) in [5, 5.41) is 3.33. The van der Waals surface area contributed by atoms with Gasteiger partial charge in [-0.05, 0) is 66.8 Å². The van der Waals surface area contributed by atoms with E-state index in [1.54, 1.807) is 56.6 Å². The molecule has 1 aliphatic rings. The Morgan fingerprint density at radius 3 is 2.30 bits per heavy atom. The summed E-state index contributed by atoms with van der Waals surface area (Å²) in [6.07, 6.45) is 1.70. The maximum atomic E-state index is 13.0. The van der Waals surface area contributed by atoms with Crippen LogP contribution in [0.3, 0.4) is 0 Å². The van der Waals surface area contributed by atoms with E-state index < -0.39 is 0 Å². The Morgan fingerprint density at radius 2 is 1.65 bits per heavy atom. The van der Waals surface area contributed by atoms with Crippen LogP contribution in [0.4, 0.5) is 5.69 Å². The van der Waals surface area contributed by atoms with Gasteiger partial charge >= 0.3 is 0 Å². The predicted octanol–water partition coefficient (Wildman–Crippen LogP) is 5.08. The number of nitrogens with zero attached hydrogens (tertiary/aromatic N) is 2. The lowest BCUT2D eigenvalue weighted by Gasteiger charge is -2.32. The SMILES string of the molecule is COc1cc(Cl)cc(C(=O)N2CCC(c3ccc(NC(=O)CN(C)C(=O)c4ccccc4)cc3)CC2)c1. The number of hydrogen-bond donors (Lipinski definition) is 1. The van der Waals surface area contributed by atoms with Crippen LogP contribution in [0.25, 0.3) is 0 Å². The van der Waals surface area contributed by atoms with Crippen molar-refractivity contribution in [2.45, 2.75) is 18.8 Å². The van der Waals surface area contributed by atoms with Gasteiger partial charge in [0.1, 0.15) is 5.75 Å². The molecular formula is C29H30ClN3O4. The molecule has 3 aromatic rings. The van der Waals surface area contributed by atoms with Crippen molar-refractivity contribution in [2.24, 2.45) is 0 Å². The minimum Gasteiger partial charge on any atom is -0.497 e. The highest BCUT2D eigenvalue weighted by atomic mass is 35.5. The summed E-state index contributed by atoms with van der Waals surface area (Å²) in [6.45, 7) is 1.26. The highest BCUT2D eigenvalue weighted by Gasteiger charge is 2.25. The van der Waals surface area contributed by atoms with Crippen LogP contribution >= 0.6 is 11.6 Å². The highest BCUT2D eigenvalue weighted by molar-refractivity contribution is 6.31. The number of hydrogen-bond acceptors (Lipinski definition) is 4. The molecule has 1 saturated heterocycles. The first-order valence-corrected chi connectivity index (χ1v) is 12.6. The summed E-state index contributed by atoms with van der Waals surface area (Å²) >= 11 is 6.13. The van der Waals surface area contributed by atoms with Gasteiger partial charge in [-0.2, -0.15) is 0 Å². The average molecular weight is 520 g/mol. The Morgan fingerprint density at radius 1 is 0.973 bits per heavy atom. The van der Waals surface area contributed by atoms with Gasteiger partial charge < -0.3 is 19.9 Å². The van der Waals surface area contributed by atoms with Crippen LogP contribution in [-0.2, 0) is 4.79 Å². The van der Waals surface area contributed by atoms with E-state index in [4.69, 9.17) is 16.3 Å². The minimum absolute atomic E-state index is 0.0412. The Kier molecular flexibility index (Phi) is 8.46. The third-order valence-electron chi connectivity index (χ3n) is 6.55. The Hall–Kier alpha value is -3.84. The second-order valence-corrected chi connectivity index (χ2v) is 9.58. The fourth-order valence-corrected chi connectivity index (χ4v) is 4.76. The van der Waals surface area contributed by atoms with E-state index in [0.717, 1.165) is 12.8 Å². The second-order valence-electron chi connectivity index (χ2n) is 9.14. The molecule has 1 heterocycles. The molecule has 192 valence electrons. The normalized spacial score (nSPS) is 13.6. The number of halogens is 1. The fraction of sp³-hybridized carbons (Fsp3) is 0.276. The van der Waals surface area contributed by atoms with Gasteiger partial charge in [-0.3, -0.25) is 14.4 Å². The molecule has 1 fully saturated rings. The first-order chi connectivity index (χ1) is 17.8. The predicted molar refractivity (Wildman–Crippen MR) is 144 cm³/mol. The molecule has 0 unspecified atom stereocenters. The molecule has 4 rings (SSSR count). The van der Waals surface area contributed by atoms with Crippen molar-refractivity contribution in [2.75, 3.05) is 39.1 Å². The molecule has 1 N–H and O–H groups in total. The number of rotatable bonds is 7. The Balaban J connectivity index is 1.28. The monoisotopic (exact) mass is 519 g/mol. The van der Waals surface area contributed by atoms with Crippen LogP contribution in [-0.4, -0.2) is 61.3 Å². The smallest absolute Gasteiger partial charge is 0.254 e. The zero-order chi connectivity index (χ0) is 26.4. The molecule has 0 aromatic heterocycles. The fourth-order valence-electron chi connectivity index (χ4n) is 4.53. The summed E-state index contributed by atoms with van der Waals surface area (Å²) in [4.78, 5) is 41.1. The van der Waals surface area contributed by atoms with Gasteiger partial charge in [0.2, 0.25) is 5.91 Å². The topological polar surface area (TPSA) is 79.0 Å². The number of anilines is 1. The van der Waals surface area contributed by atoms with Gasteiger partial charge in [-0.25, -0.2) is 0 Å². The number of likely N-dealkylation sites (N-methyl/N-ethyl adjacent to an activating group) is 1. The number of likely N-dealkylation sites (tertiary alicyclic amines) is 1. The lowest BCUT2D eigenvalue weighted by atomic mass is 9.89. The molecule has 7 nitrogen and oxygen atoms in total. The molecule has 0 radical (unpaired) electrons. The lowest BCUT2D eigenvalue weighted by molar-refractivity contribution is -0.116. The van der Waals surface area contributed by atoms with E-state index in [9.17, 15) is 14.4 Å². The van der Waals surface area contributed by atoms with E-state index in [2.05, 4.69) is 5.32 Å². The number of carbonyl (C=O) groups is 3. The number of piperidine rings is 1. The number of amides is 3. The van der Waals surface area contributed by atoms with Gasteiger partial charge in [0.15, 0.2) is 0 Å². The molecule has 3 aromatic carbocycles. The molecule has 0 bridgehead atoms. The average Bonchev–Trinajstić information content (AvgIpc) is 2.92. The van der Waals surface area contributed by atoms with Gasteiger partial charge in [0, 0.05) is 42.0 Å². The van der Waals surface area contributed by atoms with Crippen LogP contribution in [0, 0.1) is 0 Å². The lowest BCUT2D eigenvalue weighted by Crippen LogP contribution is -2.37. The Bertz CT molecular complexity index is 1260. The summed E-state index contributed by atoms with van der Waals surface area (Å²) in [7, 11) is 3.16. The zero-order valence-corrected chi connectivity index (χ0v) is 21.7. The number of carbonyl (C=O) groups excluding carboxylic acids is 3. The summed E-state index contributed by atoms with van der Waals surface area (Å²) in [5.74, 6) is 0.382. The minimum atomic E-state index is -0.260. The van der Waals surface area contributed by atoms with Crippen LogP contribution in [0.1, 0.15) is 45.0 Å². The molecule has 8 heteroatoms. The van der Waals surface area contributed by atoms with Crippen molar-refractivity contribution in [1.82, 2.24) is 9.80 Å². The first kappa shape index (κ1) is 26.2. The third-order valence-corrected chi connectivity index (χ3v) is 6.77. The van der Waals surface area contributed by atoms with Gasteiger partial charge in [0.05, 0.1) is 13.7 Å². The van der Waals surface area contributed by atoms with Gasteiger partial charge in [0.25, 0.3) is 11.8 Å². The van der Waals surface area contributed by atoms with Gasteiger partial charge in [-0.15, -0.1) is 0 Å². The Labute approximate surface area is 222 Å². The zero-order valence-electron chi connectivity index (χ0n) is 20.9. The van der Waals surface area contributed by atoms with Crippen LogP contribution in [0.5, 0.6) is 5.75 Å². The van der Waals surface area contributed by atoms with Crippen molar-refractivity contribution in [3.63, 3.8) is 0 Å². The molecule has 37 heavy (non-hydrogen) atoms. The van der Waals surface area contributed by atoms with Gasteiger partial charge in [-0.1, -0.05) is 41.9 Å². The molecule has 1 aliphatic heterocycles. The molecule has 0 spiro atoms. The first-order valence-electron chi connectivity index (χ1n) is 12.2. The van der Waals surface area contributed by atoms with E-state index in [0.29, 0.717) is 46.6 Å². The number of nitrogens with one attached hydrogen (secondary N) is 1. The molecule has 0 aliphatic carbocycles. The second kappa shape index (κ2) is 11.9. The van der Waals surface area contributed by atoms with E-state index in [-0.39, 0.29) is 24.3 Å². The van der Waals surface area contributed by atoms with Crippen molar-refractivity contribution >= 4 is 35.0 Å². The maximum Gasteiger partial charge on any atom is 0.254 e. The molecular weight excluding hydrogens is 490 g/mol. The largest absolute Gasteiger partial charge is 0.497 e. The maximum absolute atomic E-state index is 13.0. The number of ether oxygens (including phenoxy) is 1. The quantitative estimate of drug-likeness (QED) is 0.472. The molecule has 0 saturated carbocycles. The summed E-state index contributed by atoms with van der Waals surface area (Å²) in [6, 6.07) is 21.7. The molecule has 3 amide bonds. The van der Waals surface area contributed by atoms with E-state index >= 15 is 0 Å². The highest BCUT2D eigenvalue weighted by Crippen LogP contribution is 2.30. The third kappa shape index (κ3) is 6.68. The van der Waals surface area contributed by atoms with Crippen molar-refractivity contribution in [3.05, 3.63) is 94.5 Å². The van der Waals surface area contributed by atoms with Crippen molar-refractivity contribution in [1.29, 1.82) is 0 Å². The van der Waals surface area contributed by atoms with Crippen molar-refractivity contribution < 1.29 is 19.1 Å². The number of methoxy groups -OCH3 is 1. The van der Waals surface area contributed by atoms with E-state index in [1.807, 2.05) is 35.2 Å².